The Balaban J connectivity index is 1.99. The zero-order valence-corrected chi connectivity index (χ0v) is 14.2. The number of fused-ring (bicyclic) bond motifs is 3. The molecule has 1 N–H and O–H groups in total. The monoisotopic (exact) mass is 358 g/mol. The average molecular weight is 359 g/mol. The summed E-state index contributed by atoms with van der Waals surface area (Å²) in [7, 11) is 0. The number of rotatable bonds is 3. The summed E-state index contributed by atoms with van der Waals surface area (Å²) in [6.07, 6.45) is 1.09. The number of aromatic nitrogens is 2. The maximum Gasteiger partial charge on any atom is 0.280 e. The molecule has 0 saturated heterocycles. The van der Waals surface area contributed by atoms with Crippen molar-refractivity contribution in [3.05, 3.63) is 15.9 Å². The topological polar surface area (TPSA) is 50.2 Å². The van der Waals surface area contributed by atoms with Crippen LogP contribution in [0.4, 0.5) is 5.82 Å². The van der Waals surface area contributed by atoms with Crippen molar-refractivity contribution in [1.29, 1.82) is 0 Å². The molecule has 2 aliphatic heterocycles. The van der Waals surface area contributed by atoms with Gasteiger partial charge in [0.15, 0.2) is 5.16 Å². The Morgan fingerprint density at radius 1 is 1.55 bits per heavy atom. The molecule has 1 aromatic rings. The lowest BCUT2D eigenvalue weighted by Gasteiger charge is -2.30. The van der Waals surface area contributed by atoms with Gasteiger partial charge in [0.05, 0.1) is 12.2 Å². The van der Waals surface area contributed by atoms with Crippen LogP contribution < -0.4 is 10.9 Å². The normalized spacial score (nSPS) is 25.1. The van der Waals surface area contributed by atoms with Crippen LogP contribution in [0, 0.1) is 0 Å². The van der Waals surface area contributed by atoms with Crippen molar-refractivity contribution in [3.8, 4) is 0 Å². The van der Waals surface area contributed by atoms with E-state index < -0.39 is 0 Å². The van der Waals surface area contributed by atoms with E-state index in [4.69, 9.17) is 0 Å². The molecule has 0 radical (unpaired) electrons. The zero-order chi connectivity index (χ0) is 14.3. The molecule has 1 aromatic heterocycles. The second-order valence-electron chi connectivity index (χ2n) is 5.69. The van der Waals surface area contributed by atoms with Crippen molar-refractivity contribution in [2.24, 2.45) is 0 Å². The standard InChI is InChI=1S/C13H19BrN4OS/c1-3-4-17-5-9-10(15-8-17)18-7-13(2,6-14)20-12(18)16-11(9)19/h15H,3-8H2,1-2H3/t13-/m0/s1. The van der Waals surface area contributed by atoms with Gasteiger partial charge in [0.1, 0.15) is 5.82 Å². The first-order valence-corrected chi connectivity index (χ1v) is 8.85. The van der Waals surface area contributed by atoms with Gasteiger partial charge in [-0.2, -0.15) is 4.98 Å². The van der Waals surface area contributed by atoms with E-state index in [2.05, 4.69) is 49.5 Å². The number of alkyl halides is 1. The predicted octanol–water partition coefficient (Wildman–Crippen LogP) is 2.10. The molecule has 0 amide bonds. The number of hydrogen-bond donors (Lipinski definition) is 1. The molecule has 0 aromatic carbocycles. The molecule has 3 heterocycles. The molecule has 20 heavy (non-hydrogen) atoms. The van der Waals surface area contributed by atoms with Crippen molar-refractivity contribution < 1.29 is 0 Å². The van der Waals surface area contributed by atoms with Gasteiger partial charge in [-0.15, -0.1) is 0 Å². The van der Waals surface area contributed by atoms with Gasteiger partial charge in [-0.3, -0.25) is 9.69 Å². The summed E-state index contributed by atoms with van der Waals surface area (Å²) in [5.74, 6) is 0.976. The lowest BCUT2D eigenvalue weighted by Crippen LogP contribution is -2.39. The van der Waals surface area contributed by atoms with Gasteiger partial charge in [0, 0.05) is 23.2 Å². The molecule has 0 bridgehead atoms. The Bertz CT molecular complexity index is 590. The molecular weight excluding hydrogens is 340 g/mol. The molecule has 0 aliphatic carbocycles. The number of halogens is 1. The van der Waals surface area contributed by atoms with Crippen molar-refractivity contribution in [1.82, 2.24) is 14.5 Å². The van der Waals surface area contributed by atoms with Gasteiger partial charge in [0.2, 0.25) is 0 Å². The van der Waals surface area contributed by atoms with Crippen LogP contribution in [-0.2, 0) is 13.1 Å². The summed E-state index contributed by atoms with van der Waals surface area (Å²) in [5.41, 5.74) is 0.735. The largest absolute Gasteiger partial charge is 0.358 e. The highest BCUT2D eigenvalue weighted by Gasteiger charge is 2.37. The smallest absolute Gasteiger partial charge is 0.280 e. The number of nitrogens with zero attached hydrogens (tertiary/aromatic N) is 3. The average Bonchev–Trinajstić information content (AvgIpc) is 2.77. The van der Waals surface area contributed by atoms with Gasteiger partial charge >= 0.3 is 0 Å². The number of hydrogen-bond acceptors (Lipinski definition) is 5. The van der Waals surface area contributed by atoms with Crippen LogP contribution in [0.15, 0.2) is 9.95 Å². The quantitative estimate of drug-likeness (QED) is 0.662. The van der Waals surface area contributed by atoms with E-state index in [9.17, 15) is 4.79 Å². The third kappa shape index (κ3) is 2.40. The fourth-order valence-electron chi connectivity index (χ4n) is 2.74. The van der Waals surface area contributed by atoms with Crippen molar-refractivity contribution >= 4 is 33.5 Å². The SMILES string of the molecule is CCCN1CNc2c(c(=O)nc3n2C[C@](C)(CBr)S3)C1. The predicted molar refractivity (Wildman–Crippen MR) is 85.7 cm³/mol. The Morgan fingerprint density at radius 2 is 2.35 bits per heavy atom. The maximum atomic E-state index is 12.3. The highest BCUT2D eigenvalue weighted by atomic mass is 79.9. The third-order valence-electron chi connectivity index (χ3n) is 3.75. The summed E-state index contributed by atoms with van der Waals surface area (Å²) in [4.78, 5) is 18.8. The summed E-state index contributed by atoms with van der Waals surface area (Å²) >= 11 is 5.26. The first-order chi connectivity index (χ1) is 9.56. The van der Waals surface area contributed by atoms with Crippen LogP contribution in [0.2, 0.25) is 0 Å². The summed E-state index contributed by atoms with van der Waals surface area (Å²) in [6, 6.07) is 0. The van der Waals surface area contributed by atoms with Gasteiger partial charge < -0.3 is 9.88 Å². The molecule has 0 fully saturated rings. The van der Waals surface area contributed by atoms with E-state index in [1.807, 2.05) is 0 Å². The fraction of sp³-hybridized carbons (Fsp3) is 0.692. The first-order valence-electron chi connectivity index (χ1n) is 6.91. The van der Waals surface area contributed by atoms with Crippen LogP contribution in [0.5, 0.6) is 0 Å². The van der Waals surface area contributed by atoms with E-state index in [0.29, 0.717) is 6.54 Å². The third-order valence-corrected chi connectivity index (χ3v) is 6.62. The van der Waals surface area contributed by atoms with Crippen LogP contribution in [0.3, 0.4) is 0 Å². The fourth-order valence-corrected chi connectivity index (χ4v) is 4.35. The van der Waals surface area contributed by atoms with E-state index in [0.717, 1.165) is 48.0 Å². The second-order valence-corrected chi connectivity index (χ2v) is 7.80. The van der Waals surface area contributed by atoms with Crippen LogP contribution >= 0.6 is 27.7 Å². The van der Waals surface area contributed by atoms with Crippen molar-refractivity contribution in [3.63, 3.8) is 0 Å². The molecule has 2 aliphatic rings. The van der Waals surface area contributed by atoms with E-state index in [1.54, 1.807) is 11.8 Å². The van der Waals surface area contributed by atoms with E-state index >= 15 is 0 Å². The summed E-state index contributed by atoms with van der Waals surface area (Å²) < 4.78 is 2.25. The van der Waals surface area contributed by atoms with Crippen LogP contribution in [0.1, 0.15) is 25.8 Å². The van der Waals surface area contributed by atoms with Crippen molar-refractivity contribution in [2.75, 3.05) is 23.9 Å². The number of anilines is 1. The first kappa shape index (κ1) is 14.4. The molecule has 3 rings (SSSR count). The van der Waals surface area contributed by atoms with Gasteiger partial charge in [-0.25, -0.2) is 0 Å². The number of nitrogens with one attached hydrogen (secondary N) is 1. The van der Waals surface area contributed by atoms with E-state index in [1.165, 1.54) is 0 Å². The molecule has 5 nitrogen and oxygen atoms in total. The highest BCUT2D eigenvalue weighted by molar-refractivity contribution is 9.09. The molecule has 1 atom stereocenters. The van der Waals surface area contributed by atoms with Crippen LogP contribution in [-0.4, -0.2) is 37.7 Å². The molecule has 0 unspecified atom stereocenters. The summed E-state index contributed by atoms with van der Waals surface area (Å²) in [6.45, 7) is 7.75. The number of thioether (sulfide) groups is 1. The zero-order valence-electron chi connectivity index (χ0n) is 11.8. The molecule has 0 saturated carbocycles. The Morgan fingerprint density at radius 3 is 3.05 bits per heavy atom. The molecular formula is C13H19BrN4OS. The van der Waals surface area contributed by atoms with Gasteiger partial charge in [-0.1, -0.05) is 34.6 Å². The van der Waals surface area contributed by atoms with Gasteiger partial charge in [0.25, 0.3) is 5.56 Å². The maximum absolute atomic E-state index is 12.3. The lowest BCUT2D eigenvalue weighted by atomic mass is 10.2. The van der Waals surface area contributed by atoms with Gasteiger partial charge in [-0.05, 0) is 19.9 Å². The summed E-state index contributed by atoms with van der Waals surface area (Å²) in [5, 5.41) is 5.15. The molecule has 7 heteroatoms. The van der Waals surface area contributed by atoms with E-state index in [-0.39, 0.29) is 10.3 Å². The lowest BCUT2D eigenvalue weighted by molar-refractivity contribution is 0.271. The van der Waals surface area contributed by atoms with Crippen LogP contribution in [0.25, 0.3) is 0 Å². The minimum absolute atomic E-state index is 0.0732. The molecule has 0 spiro atoms. The van der Waals surface area contributed by atoms with Crippen molar-refractivity contribution in [2.45, 2.75) is 43.3 Å². The molecule has 110 valence electrons. The second kappa shape index (κ2) is 5.35. The Kier molecular flexibility index (Phi) is 3.85. The Labute approximate surface area is 131 Å². The minimum atomic E-state index is -0.0779. The minimum Gasteiger partial charge on any atom is -0.358 e. The highest BCUT2D eigenvalue weighted by Crippen LogP contribution is 2.42. The Hall–Kier alpha value is -0.530.